The maximum atomic E-state index is 11.8. The van der Waals surface area contributed by atoms with Crippen LogP contribution < -0.4 is 15.8 Å². The fraction of sp³-hybridized carbons (Fsp3) is 0.538. The molecular formula is C13H21N3O2. The number of aromatic nitrogens is 1. The molecule has 1 aromatic rings. The van der Waals surface area contributed by atoms with Crippen LogP contribution in [-0.4, -0.2) is 24.0 Å². The van der Waals surface area contributed by atoms with Gasteiger partial charge in [-0.1, -0.05) is 26.3 Å². The van der Waals surface area contributed by atoms with E-state index in [1.807, 2.05) is 19.9 Å². The lowest BCUT2D eigenvalue weighted by molar-refractivity contribution is -0.123. The average molecular weight is 251 g/mol. The number of nitrogens with zero attached hydrogens (tertiary/aromatic N) is 1. The molecule has 0 saturated carbocycles. The van der Waals surface area contributed by atoms with Crippen LogP contribution in [0.3, 0.4) is 0 Å². The van der Waals surface area contributed by atoms with E-state index in [0.717, 1.165) is 12.0 Å². The van der Waals surface area contributed by atoms with E-state index >= 15 is 0 Å². The first-order valence-electron chi connectivity index (χ1n) is 6.10. The Hall–Kier alpha value is -1.62. The summed E-state index contributed by atoms with van der Waals surface area (Å²) in [4.78, 5) is 15.8. The van der Waals surface area contributed by atoms with E-state index in [9.17, 15) is 4.79 Å². The van der Waals surface area contributed by atoms with Crippen LogP contribution in [0, 0.1) is 5.92 Å². The maximum absolute atomic E-state index is 11.8. The van der Waals surface area contributed by atoms with E-state index in [1.54, 1.807) is 19.4 Å². The van der Waals surface area contributed by atoms with E-state index in [0.29, 0.717) is 12.4 Å². The number of rotatable bonds is 6. The molecule has 1 amide bonds. The predicted molar refractivity (Wildman–Crippen MR) is 70.1 cm³/mol. The monoisotopic (exact) mass is 251 g/mol. The van der Waals surface area contributed by atoms with Gasteiger partial charge in [-0.25, -0.2) is 4.98 Å². The van der Waals surface area contributed by atoms with Gasteiger partial charge in [0.25, 0.3) is 0 Å². The lowest BCUT2D eigenvalue weighted by Crippen LogP contribution is -2.44. The number of ether oxygens (including phenoxy) is 1. The van der Waals surface area contributed by atoms with Gasteiger partial charge in [0, 0.05) is 18.8 Å². The molecule has 0 aliphatic carbocycles. The molecule has 0 radical (unpaired) electrons. The number of nitrogens with two attached hydrogens (primary N) is 1. The van der Waals surface area contributed by atoms with Gasteiger partial charge < -0.3 is 15.8 Å². The second kappa shape index (κ2) is 6.96. The second-order valence-corrected chi connectivity index (χ2v) is 4.34. The molecule has 0 bridgehead atoms. The fourth-order valence-corrected chi connectivity index (χ4v) is 1.46. The molecule has 0 aromatic carbocycles. The number of nitrogens with one attached hydrogen (secondary N) is 1. The Morgan fingerprint density at radius 3 is 2.78 bits per heavy atom. The minimum Gasteiger partial charge on any atom is -0.481 e. The number of hydrogen-bond acceptors (Lipinski definition) is 4. The first-order chi connectivity index (χ1) is 8.58. The zero-order chi connectivity index (χ0) is 13.5. The summed E-state index contributed by atoms with van der Waals surface area (Å²) in [5, 5.41) is 2.81. The zero-order valence-corrected chi connectivity index (χ0v) is 11.1. The van der Waals surface area contributed by atoms with Crippen LogP contribution in [-0.2, 0) is 11.3 Å². The normalized spacial score (nSPS) is 13.8. The molecule has 2 atom stereocenters. The summed E-state index contributed by atoms with van der Waals surface area (Å²) in [6.45, 7) is 4.42. The second-order valence-electron chi connectivity index (χ2n) is 4.34. The van der Waals surface area contributed by atoms with Gasteiger partial charge in [0.05, 0.1) is 13.2 Å². The van der Waals surface area contributed by atoms with Crippen molar-refractivity contribution in [3.63, 3.8) is 0 Å². The number of amides is 1. The lowest BCUT2D eigenvalue weighted by Gasteiger charge is -2.17. The van der Waals surface area contributed by atoms with Gasteiger partial charge in [-0.05, 0) is 11.5 Å². The molecule has 1 rings (SSSR count). The van der Waals surface area contributed by atoms with Crippen molar-refractivity contribution in [3.8, 4) is 5.88 Å². The van der Waals surface area contributed by atoms with E-state index in [4.69, 9.17) is 10.5 Å². The number of carbonyl (C=O) groups excluding carboxylic acids is 1. The molecule has 18 heavy (non-hydrogen) atoms. The summed E-state index contributed by atoms with van der Waals surface area (Å²) in [6.07, 6.45) is 2.56. The van der Waals surface area contributed by atoms with E-state index in [-0.39, 0.29) is 11.8 Å². The fourth-order valence-electron chi connectivity index (χ4n) is 1.46. The Morgan fingerprint density at radius 2 is 2.28 bits per heavy atom. The van der Waals surface area contributed by atoms with Crippen LogP contribution in [0.4, 0.5) is 0 Å². The summed E-state index contributed by atoms with van der Waals surface area (Å²) in [7, 11) is 1.56. The van der Waals surface area contributed by atoms with Crippen molar-refractivity contribution in [2.75, 3.05) is 7.11 Å². The third-order valence-corrected chi connectivity index (χ3v) is 3.03. The number of hydrogen-bond donors (Lipinski definition) is 2. The quantitative estimate of drug-likeness (QED) is 0.793. The Morgan fingerprint density at radius 1 is 1.56 bits per heavy atom. The third-order valence-electron chi connectivity index (χ3n) is 3.03. The SMILES string of the molecule is CCC(C)[C@H](N)C(=O)NCc1ccc(OC)nc1. The number of methoxy groups -OCH3 is 1. The van der Waals surface area contributed by atoms with Crippen LogP contribution in [0.25, 0.3) is 0 Å². The zero-order valence-electron chi connectivity index (χ0n) is 11.1. The molecule has 5 nitrogen and oxygen atoms in total. The molecule has 3 N–H and O–H groups in total. The van der Waals surface area contributed by atoms with Gasteiger partial charge in [0.2, 0.25) is 11.8 Å². The smallest absolute Gasteiger partial charge is 0.237 e. The highest BCUT2D eigenvalue weighted by molar-refractivity contribution is 5.81. The summed E-state index contributed by atoms with van der Waals surface area (Å²) in [5.74, 6) is 0.612. The molecule has 0 saturated heterocycles. The third kappa shape index (κ3) is 4.00. The van der Waals surface area contributed by atoms with Crippen molar-refractivity contribution in [2.24, 2.45) is 11.7 Å². The van der Waals surface area contributed by atoms with Gasteiger partial charge in [-0.3, -0.25) is 4.79 Å². The van der Waals surface area contributed by atoms with E-state index in [2.05, 4.69) is 10.3 Å². The number of pyridine rings is 1. The van der Waals surface area contributed by atoms with Crippen molar-refractivity contribution in [1.82, 2.24) is 10.3 Å². The summed E-state index contributed by atoms with van der Waals surface area (Å²) < 4.78 is 4.96. The van der Waals surface area contributed by atoms with Gasteiger partial charge in [0.15, 0.2) is 0 Å². The Kier molecular flexibility index (Phi) is 5.58. The summed E-state index contributed by atoms with van der Waals surface area (Å²) >= 11 is 0. The first kappa shape index (κ1) is 14.4. The van der Waals surface area contributed by atoms with Crippen LogP contribution in [0.2, 0.25) is 0 Å². The Bertz CT molecular complexity index is 378. The van der Waals surface area contributed by atoms with Crippen LogP contribution in [0.5, 0.6) is 5.88 Å². The maximum Gasteiger partial charge on any atom is 0.237 e. The molecular weight excluding hydrogens is 230 g/mol. The number of carbonyl (C=O) groups is 1. The van der Waals surface area contributed by atoms with E-state index < -0.39 is 6.04 Å². The molecule has 5 heteroatoms. The molecule has 100 valence electrons. The van der Waals surface area contributed by atoms with Crippen molar-refractivity contribution >= 4 is 5.91 Å². The summed E-state index contributed by atoms with van der Waals surface area (Å²) in [6, 6.07) is 3.16. The van der Waals surface area contributed by atoms with Gasteiger partial charge >= 0.3 is 0 Å². The lowest BCUT2D eigenvalue weighted by atomic mass is 9.99. The molecule has 0 fully saturated rings. The molecule has 0 aliphatic heterocycles. The predicted octanol–water partition coefficient (Wildman–Crippen LogP) is 1.08. The standard InChI is InChI=1S/C13H21N3O2/c1-4-9(2)12(14)13(17)16-8-10-5-6-11(18-3)15-7-10/h5-7,9,12H,4,8,14H2,1-3H3,(H,16,17)/t9?,12-/m0/s1. The van der Waals surface area contributed by atoms with Crippen molar-refractivity contribution in [1.29, 1.82) is 0 Å². The molecule has 0 spiro atoms. The van der Waals surface area contributed by atoms with Gasteiger partial charge in [0.1, 0.15) is 0 Å². The van der Waals surface area contributed by atoms with Crippen molar-refractivity contribution in [3.05, 3.63) is 23.9 Å². The first-order valence-corrected chi connectivity index (χ1v) is 6.10. The molecule has 1 aromatic heterocycles. The minimum atomic E-state index is -0.457. The topological polar surface area (TPSA) is 77.2 Å². The van der Waals surface area contributed by atoms with E-state index in [1.165, 1.54) is 0 Å². The molecule has 1 heterocycles. The van der Waals surface area contributed by atoms with Crippen LogP contribution >= 0.6 is 0 Å². The van der Waals surface area contributed by atoms with Crippen LogP contribution in [0.15, 0.2) is 18.3 Å². The largest absolute Gasteiger partial charge is 0.481 e. The summed E-state index contributed by atoms with van der Waals surface area (Å²) in [5.41, 5.74) is 6.75. The average Bonchev–Trinajstić information content (AvgIpc) is 2.43. The molecule has 0 aliphatic rings. The van der Waals surface area contributed by atoms with Crippen LogP contribution in [0.1, 0.15) is 25.8 Å². The van der Waals surface area contributed by atoms with Gasteiger partial charge in [-0.2, -0.15) is 0 Å². The van der Waals surface area contributed by atoms with Crippen molar-refractivity contribution < 1.29 is 9.53 Å². The Balaban J connectivity index is 2.46. The molecule has 1 unspecified atom stereocenters. The van der Waals surface area contributed by atoms with Crippen molar-refractivity contribution in [2.45, 2.75) is 32.9 Å². The highest BCUT2D eigenvalue weighted by atomic mass is 16.5. The highest BCUT2D eigenvalue weighted by Gasteiger charge is 2.18. The highest BCUT2D eigenvalue weighted by Crippen LogP contribution is 2.08. The van der Waals surface area contributed by atoms with Gasteiger partial charge in [-0.15, -0.1) is 0 Å². The minimum absolute atomic E-state index is 0.125. The Labute approximate surface area is 108 Å².